The van der Waals surface area contributed by atoms with Crippen LogP contribution in [0, 0.1) is 5.82 Å². The molecule has 0 atom stereocenters. The molecule has 4 rings (SSSR count). The van der Waals surface area contributed by atoms with Gasteiger partial charge in [-0.3, -0.25) is 9.59 Å². The summed E-state index contributed by atoms with van der Waals surface area (Å²) >= 11 is 0. The number of hydrogen-bond donors (Lipinski definition) is 1. The van der Waals surface area contributed by atoms with Crippen LogP contribution in [-0.4, -0.2) is 28.8 Å². The van der Waals surface area contributed by atoms with Gasteiger partial charge in [0.1, 0.15) is 12.4 Å². The molecule has 0 aliphatic carbocycles. The molecule has 35 heavy (non-hydrogen) atoms. The van der Waals surface area contributed by atoms with Crippen molar-refractivity contribution in [1.82, 2.24) is 9.78 Å². The fourth-order valence-electron chi connectivity index (χ4n) is 3.27. The molecule has 0 saturated heterocycles. The lowest BCUT2D eigenvalue weighted by atomic mass is 10.1. The van der Waals surface area contributed by atoms with Gasteiger partial charge in [0.2, 0.25) is 5.88 Å². The van der Waals surface area contributed by atoms with Crippen LogP contribution in [0.3, 0.4) is 0 Å². The lowest BCUT2D eigenvalue weighted by Gasteiger charge is -2.11. The Bertz CT molecular complexity index is 1430. The molecular weight excluding hydrogens is 453 g/mol. The molecule has 0 aliphatic rings. The molecule has 1 N–H and O–H groups in total. The minimum absolute atomic E-state index is 0.0785. The van der Waals surface area contributed by atoms with E-state index in [4.69, 9.17) is 9.47 Å². The Kier molecular flexibility index (Phi) is 6.96. The number of nitrogens with zero attached hydrogens (tertiary/aromatic N) is 2. The average Bonchev–Trinajstić information content (AvgIpc) is 2.88. The largest absolute Gasteiger partial charge is 0.472 e. The van der Waals surface area contributed by atoms with Gasteiger partial charge in [0.05, 0.1) is 24.0 Å². The highest BCUT2D eigenvalue weighted by Gasteiger charge is 2.14. The van der Waals surface area contributed by atoms with Gasteiger partial charge in [-0.25, -0.2) is 9.18 Å². The van der Waals surface area contributed by atoms with Crippen LogP contribution in [0.2, 0.25) is 0 Å². The van der Waals surface area contributed by atoms with Crippen molar-refractivity contribution in [3.8, 4) is 11.6 Å². The Balaban J connectivity index is 1.50. The number of nitrogens with one attached hydrogen (secondary N) is 1. The van der Waals surface area contributed by atoms with Gasteiger partial charge in [-0.1, -0.05) is 24.3 Å². The van der Waals surface area contributed by atoms with E-state index in [1.807, 2.05) is 0 Å². The summed E-state index contributed by atoms with van der Waals surface area (Å²) in [5.74, 6) is -1.21. The summed E-state index contributed by atoms with van der Waals surface area (Å²) in [7, 11) is 1.26. The number of anilines is 1. The third-order valence-electron chi connectivity index (χ3n) is 5.01. The van der Waals surface area contributed by atoms with Crippen molar-refractivity contribution >= 4 is 17.6 Å². The third-order valence-corrected chi connectivity index (χ3v) is 5.01. The first-order chi connectivity index (χ1) is 16.9. The number of carbonyl (C=O) groups is 2. The van der Waals surface area contributed by atoms with Crippen LogP contribution < -0.4 is 15.6 Å². The van der Waals surface area contributed by atoms with Gasteiger partial charge < -0.3 is 14.8 Å². The van der Waals surface area contributed by atoms with Crippen molar-refractivity contribution in [2.24, 2.45) is 0 Å². The van der Waals surface area contributed by atoms with E-state index in [2.05, 4.69) is 10.4 Å². The van der Waals surface area contributed by atoms with Crippen molar-refractivity contribution < 1.29 is 23.5 Å². The second kappa shape index (κ2) is 10.4. The molecule has 0 aliphatic heterocycles. The lowest BCUT2D eigenvalue weighted by molar-refractivity contribution is 0.0602. The number of benzene rings is 3. The first-order valence-electron chi connectivity index (χ1n) is 10.5. The molecule has 0 spiro atoms. The molecule has 176 valence electrons. The molecule has 1 aromatic heterocycles. The zero-order valence-electron chi connectivity index (χ0n) is 18.6. The zero-order valence-corrected chi connectivity index (χ0v) is 18.6. The number of amides is 1. The number of methoxy groups -OCH3 is 1. The number of esters is 1. The summed E-state index contributed by atoms with van der Waals surface area (Å²) in [6.07, 6.45) is 0. The molecule has 1 heterocycles. The van der Waals surface area contributed by atoms with E-state index in [0.717, 1.165) is 4.68 Å². The topological polar surface area (TPSA) is 99.5 Å². The van der Waals surface area contributed by atoms with Crippen LogP contribution in [0.1, 0.15) is 26.3 Å². The fraction of sp³-hybridized carbons (Fsp3) is 0.0769. The summed E-state index contributed by atoms with van der Waals surface area (Å²) in [6.45, 7) is 0.0785. The lowest BCUT2D eigenvalue weighted by Crippen LogP contribution is -2.21. The standard InChI is InChI=1S/C26H20FN3O5/c1-34-26(33)21-7-2-3-8-22(21)28-25(32)18-9-11-20(12-10-18)30-24(31)14-13-23(29-30)35-16-17-5-4-6-19(27)15-17/h2-15H,16H2,1H3,(H,28,32). The van der Waals surface area contributed by atoms with Crippen molar-refractivity contribution in [1.29, 1.82) is 0 Å². The maximum absolute atomic E-state index is 13.3. The third kappa shape index (κ3) is 5.59. The highest BCUT2D eigenvalue weighted by atomic mass is 19.1. The van der Waals surface area contributed by atoms with Crippen LogP contribution in [0.4, 0.5) is 10.1 Å². The number of ether oxygens (including phenoxy) is 2. The van der Waals surface area contributed by atoms with E-state index in [1.54, 1.807) is 48.5 Å². The monoisotopic (exact) mass is 473 g/mol. The first-order valence-corrected chi connectivity index (χ1v) is 10.5. The van der Waals surface area contributed by atoms with E-state index in [-0.39, 0.29) is 23.9 Å². The van der Waals surface area contributed by atoms with Gasteiger partial charge >= 0.3 is 5.97 Å². The molecule has 0 unspecified atom stereocenters. The molecule has 3 aromatic carbocycles. The van der Waals surface area contributed by atoms with E-state index in [0.29, 0.717) is 22.5 Å². The minimum Gasteiger partial charge on any atom is -0.472 e. The highest BCUT2D eigenvalue weighted by molar-refractivity contribution is 6.08. The molecule has 0 fully saturated rings. The molecular formula is C26H20FN3O5. The predicted molar refractivity (Wildman–Crippen MR) is 126 cm³/mol. The fourth-order valence-corrected chi connectivity index (χ4v) is 3.27. The number of hydrogen-bond acceptors (Lipinski definition) is 6. The zero-order chi connectivity index (χ0) is 24.8. The van der Waals surface area contributed by atoms with Gasteiger partial charge in [-0.05, 0) is 54.1 Å². The average molecular weight is 473 g/mol. The Labute approximate surface area is 199 Å². The molecule has 9 heteroatoms. The SMILES string of the molecule is COC(=O)c1ccccc1NC(=O)c1ccc(-n2nc(OCc3cccc(F)c3)ccc2=O)cc1. The van der Waals surface area contributed by atoms with Gasteiger partial charge in [-0.2, -0.15) is 4.68 Å². The Morgan fingerprint density at radius 1 is 0.971 bits per heavy atom. The summed E-state index contributed by atoms with van der Waals surface area (Å²) in [4.78, 5) is 37.0. The van der Waals surface area contributed by atoms with E-state index in [9.17, 15) is 18.8 Å². The minimum atomic E-state index is -0.568. The van der Waals surface area contributed by atoms with Crippen molar-refractivity contribution in [2.75, 3.05) is 12.4 Å². The van der Waals surface area contributed by atoms with Gasteiger partial charge in [0.15, 0.2) is 0 Å². The van der Waals surface area contributed by atoms with Crippen LogP contribution in [0.25, 0.3) is 5.69 Å². The molecule has 4 aromatic rings. The number of aromatic nitrogens is 2. The molecule has 0 saturated carbocycles. The number of halogens is 1. The quantitative estimate of drug-likeness (QED) is 0.408. The van der Waals surface area contributed by atoms with Crippen LogP contribution in [0.15, 0.2) is 89.7 Å². The van der Waals surface area contributed by atoms with Crippen LogP contribution >= 0.6 is 0 Å². The molecule has 0 bridgehead atoms. The predicted octanol–water partition coefficient (Wildman–Crippen LogP) is 3.99. The van der Waals surface area contributed by atoms with Gasteiger partial charge in [0.25, 0.3) is 11.5 Å². The van der Waals surface area contributed by atoms with E-state index in [1.165, 1.54) is 43.5 Å². The summed E-state index contributed by atoms with van der Waals surface area (Å²) in [6, 6.07) is 21.4. The van der Waals surface area contributed by atoms with Crippen LogP contribution in [-0.2, 0) is 11.3 Å². The highest BCUT2D eigenvalue weighted by Crippen LogP contribution is 2.18. The Hall–Kier alpha value is -4.79. The maximum atomic E-state index is 13.3. The second-order valence-electron chi connectivity index (χ2n) is 7.38. The summed E-state index contributed by atoms with van der Waals surface area (Å²) in [5.41, 5.74) is 1.49. The molecule has 0 radical (unpaired) electrons. The Morgan fingerprint density at radius 2 is 1.74 bits per heavy atom. The maximum Gasteiger partial charge on any atom is 0.339 e. The summed E-state index contributed by atoms with van der Waals surface area (Å²) in [5, 5.41) is 6.89. The van der Waals surface area contributed by atoms with Crippen molar-refractivity contribution in [2.45, 2.75) is 6.61 Å². The number of carbonyl (C=O) groups excluding carboxylic acids is 2. The second-order valence-corrected chi connectivity index (χ2v) is 7.38. The van der Waals surface area contributed by atoms with E-state index < -0.39 is 17.4 Å². The summed E-state index contributed by atoms with van der Waals surface area (Å²) < 4.78 is 24.8. The van der Waals surface area contributed by atoms with Crippen molar-refractivity contribution in [3.05, 3.63) is 118 Å². The first kappa shape index (κ1) is 23.4. The molecule has 1 amide bonds. The smallest absolute Gasteiger partial charge is 0.339 e. The normalized spacial score (nSPS) is 10.5. The van der Waals surface area contributed by atoms with Crippen LogP contribution in [0.5, 0.6) is 5.88 Å². The van der Waals surface area contributed by atoms with Crippen molar-refractivity contribution in [3.63, 3.8) is 0 Å². The van der Waals surface area contributed by atoms with E-state index >= 15 is 0 Å². The van der Waals surface area contributed by atoms with Gasteiger partial charge in [-0.15, -0.1) is 5.10 Å². The van der Waals surface area contributed by atoms with Gasteiger partial charge in [0, 0.05) is 17.7 Å². The Morgan fingerprint density at radius 3 is 2.49 bits per heavy atom. The molecule has 8 nitrogen and oxygen atoms in total. The number of rotatable bonds is 7. The number of para-hydroxylation sites is 1.